The van der Waals surface area contributed by atoms with Gasteiger partial charge in [-0.2, -0.15) is 4.99 Å². The quantitative estimate of drug-likeness (QED) is 0.753. The summed E-state index contributed by atoms with van der Waals surface area (Å²) in [5, 5.41) is 3.15. The number of amides is 3. The maximum atomic E-state index is 13.9. The highest BCUT2D eigenvalue weighted by Gasteiger charge is 2.48. The smallest absolute Gasteiger partial charge is 0.250 e. The lowest BCUT2D eigenvalue weighted by Gasteiger charge is -2.45. The highest BCUT2D eigenvalue weighted by Crippen LogP contribution is 2.33. The van der Waals surface area contributed by atoms with Crippen LogP contribution in [0.5, 0.6) is 0 Å². The maximum Gasteiger partial charge on any atom is 0.250 e. The number of hydrogen-bond acceptors (Lipinski definition) is 4. The van der Waals surface area contributed by atoms with Gasteiger partial charge in [-0.3, -0.25) is 14.4 Å². The third-order valence-electron chi connectivity index (χ3n) is 6.88. The van der Waals surface area contributed by atoms with E-state index in [-0.39, 0.29) is 42.8 Å². The van der Waals surface area contributed by atoms with Gasteiger partial charge in [0.2, 0.25) is 11.8 Å². The maximum absolute atomic E-state index is 13.9. The summed E-state index contributed by atoms with van der Waals surface area (Å²) in [7, 11) is 0. The first-order chi connectivity index (χ1) is 14.5. The molecule has 2 fully saturated rings. The Hall–Kier alpha value is -2.44. The van der Waals surface area contributed by atoms with Crippen LogP contribution in [0.3, 0.4) is 0 Å². The Balaban J connectivity index is 1.54. The number of rotatable bonds is 5. The summed E-state index contributed by atoms with van der Waals surface area (Å²) in [6, 6.07) is 0.265. The van der Waals surface area contributed by atoms with E-state index < -0.39 is 5.54 Å². The standard InChI is InChI=1S/C23H32N4O3/c1-23(15-20(28)25-19-13-7-8-14-27(19)23)22(30)26(18-11-5-6-12-18)16-21(29)24-17-9-3-2-4-10-17/h7-8,13-14,17-18H,2-6,9-12,15-16H2,1H3,(H,24,29)/t23-/m0/s1. The minimum atomic E-state index is -1.07. The van der Waals surface area contributed by atoms with Gasteiger partial charge in [0.05, 0.1) is 13.0 Å². The van der Waals surface area contributed by atoms with Crippen molar-refractivity contribution in [1.82, 2.24) is 15.1 Å². The third-order valence-corrected chi connectivity index (χ3v) is 6.88. The van der Waals surface area contributed by atoms with E-state index in [1.165, 1.54) is 6.42 Å². The molecule has 0 bridgehead atoms. The zero-order chi connectivity index (χ0) is 21.1. The Morgan fingerprint density at radius 1 is 1.13 bits per heavy atom. The first-order valence-corrected chi connectivity index (χ1v) is 11.3. The molecule has 0 aromatic heterocycles. The lowest BCUT2D eigenvalue weighted by molar-refractivity contribution is -0.148. The van der Waals surface area contributed by atoms with Crippen LogP contribution in [-0.4, -0.2) is 57.5 Å². The van der Waals surface area contributed by atoms with E-state index >= 15 is 0 Å². The van der Waals surface area contributed by atoms with E-state index in [0.717, 1.165) is 51.4 Å². The molecule has 30 heavy (non-hydrogen) atoms. The summed E-state index contributed by atoms with van der Waals surface area (Å²) >= 11 is 0. The highest BCUT2D eigenvalue weighted by molar-refractivity contribution is 6.09. The molecular formula is C23H32N4O3. The Morgan fingerprint density at radius 3 is 2.57 bits per heavy atom. The molecule has 7 nitrogen and oxygen atoms in total. The molecule has 7 heteroatoms. The zero-order valence-corrected chi connectivity index (χ0v) is 17.8. The Labute approximate surface area is 178 Å². The number of nitrogens with one attached hydrogen (secondary N) is 1. The van der Waals surface area contributed by atoms with Crippen LogP contribution < -0.4 is 5.32 Å². The molecule has 0 spiro atoms. The molecule has 1 N–H and O–H groups in total. The molecule has 0 unspecified atom stereocenters. The summed E-state index contributed by atoms with van der Waals surface area (Å²) in [6.07, 6.45) is 16.7. The zero-order valence-electron chi connectivity index (χ0n) is 17.8. The van der Waals surface area contributed by atoms with E-state index in [9.17, 15) is 14.4 Å². The topological polar surface area (TPSA) is 82.1 Å². The molecule has 0 saturated heterocycles. The molecule has 3 amide bonds. The molecule has 2 heterocycles. The van der Waals surface area contributed by atoms with Crippen LogP contribution in [-0.2, 0) is 14.4 Å². The van der Waals surface area contributed by atoms with Crippen molar-refractivity contribution in [3.8, 4) is 0 Å². The van der Waals surface area contributed by atoms with Crippen molar-refractivity contribution in [2.45, 2.75) is 88.8 Å². The van der Waals surface area contributed by atoms with Crippen LogP contribution >= 0.6 is 0 Å². The number of carbonyl (C=O) groups excluding carboxylic acids is 3. The van der Waals surface area contributed by atoms with Crippen LogP contribution in [0.25, 0.3) is 0 Å². The van der Waals surface area contributed by atoms with Crippen molar-refractivity contribution in [2.75, 3.05) is 6.54 Å². The lowest BCUT2D eigenvalue weighted by Crippen LogP contribution is -2.63. The Kier molecular flexibility index (Phi) is 6.06. The number of amidine groups is 1. The van der Waals surface area contributed by atoms with Gasteiger partial charge in [-0.1, -0.05) is 38.2 Å². The second-order valence-corrected chi connectivity index (χ2v) is 9.16. The van der Waals surface area contributed by atoms with E-state index in [2.05, 4.69) is 10.3 Å². The minimum absolute atomic E-state index is 0.0149. The second kappa shape index (κ2) is 8.74. The minimum Gasteiger partial charge on any atom is -0.352 e. The SMILES string of the molecule is C[C@@]1(C(=O)N(CC(=O)NC2CCCCC2)C2CCCC2)CC(=O)N=C2C=CC=CN21. The normalized spacial score (nSPS) is 27.0. The predicted octanol–water partition coefficient (Wildman–Crippen LogP) is 2.68. The molecule has 0 radical (unpaired) electrons. The lowest BCUT2D eigenvalue weighted by atomic mass is 9.89. The molecule has 2 aliphatic carbocycles. The fourth-order valence-electron chi connectivity index (χ4n) is 5.24. The molecule has 4 rings (SSSR count). The predicted molar refractivity (Wildman–Crippen MR) is 115 cm³/mol. The second-order valence-electron chi connectivity index (χ2n) is 9.16. The van der Waals surface area contributed by atoms with Crippen molar-refractivity contribution in [3.63, 3.8) is 0 Å². The number of fused-ring (bicyclic) bond motifs is 1. The van der Waals surface area contributed by atoms with Gasteiger partial charge in [0, 0.05) is 18.3 Å². The third kappa shape index (κ3) is 4.20. The van der Waals surface area contributed by atoms with Gasteiger partial charge < -0.3 is 15.1 Å². The fraction of sp³-hybridized carbons (Fsp3) is 0.652. The van der Waals surface area contributed by atoms with Crippen molar-refractivity contribution >= 4 is 23.6 Å². The Bertz CT molecular complexity index is 790. The summed E-state index contributed by atoms with van der Waals surface area (Å²) < 4.78 is 0. The number of aliphatic imine (C=N–C) groups is 1. The van der Waals surface area contributed by atoms with Crippen molar-refractivity contribution in [2.24, 2.45) is 4.99 Å². The molecule has 1 atom stereocenters. The number of hydrogen-bond donors (Lipinski definition) is 1. The van der Waals surface area contributed by atoms with Crippen LogP contribution in [0.2, 0.25) is 0 Å². The molecule has 4 aliphatic rings. The molecular weight excluding hydrogens is 380 g/mol. The van der Waals surface area contributed by atoms with E-state index in [4.69, 9.17) is 0 Å². The first-order valence-electron chi connectivity index (χ1n) is 11.3. The molecule has 0 aromatic carbocycles. The Morgan fingerprint density at radius 2 is 1.83 bits per heavy atom. The molecule has 2 aliphatic heterocycles. The summed E-state index contributed by atoms with van der Waals surface area (Å²) in [6.45, 7) is 1.86. The number of nitrogens with zero attached hydrogens (tertiary/aromatic N) is 3. The fourth-order valence-corrected chi connectivity index (χ4v) is 5.24. The van der Waals surface area contributed by atoms with Gasteiger partial charge in [0.15, 0.2) is 0 Å². The van der Waals surface area contributed by atoms with Gasteiger partial charge in [-0.15, -0.1) is 0 Å². The monoisotopic (exact) mass is 412 g/mol. The molecule has 2 saturated carbocycles. The summed E-state index contributed by atoms with van der Waals surface area (Å²) in [4.78, 5) is 46.7. The van der Waals surface area contributed by atoms with Gasteiger partial charge in [0.25, 0.3) is 5.91 Å². The van der Waals surface area contributed by atoms with E-state index in [1.54, 1.807) is 29.0 Å². The average Bonchev–Trinajstić information content (AvgIpc) is 3.27. The van der Waals surface area contributed by atoms with Crippen LogP contribution in [0.4, 0.5) is 0 Å². The average molecular weight is 413 g/mol. The van der Waals surface area contributed by atoms with Gasteiger partial charge >= 0.3 is 0 Å². The van der Waals surface area contributed by atoms with Crippen molar-refractivity contribution in [1.29, 1.82) is 0 Å². The van der Waals surface area contributed by atoms with E-state index in [0.29, 0.717) is 5.84 Å². The van der Waals surface area contributed by atoms with Crippen LogP contribution in [0, 0.1) is 0 Å². The highest BCUT2D eigenvalue weighted by atomic mass is 16.2. The summed E-state index contributed by atoms with van der Waals surface area (Å²) in [5.74, 6) is -0.0533. The van der Waals surface area contributed by atoms with Crippen molar-refractivity contribution < 1.29 is 14.4 Å². The first kappa shape index (κ1) is 20.8. The molecule has 162 valence electrons. The van der Waals surface area contributed by atoms with Crippen LogP contribution in [0.15, 0.2) is 29.4 Å². The van der Waals surface area contributed by atoms with E-state index in [1.807, 2.05) is 12.2 Å². The number of carbonyl (C=O) groups is 3. The van der Waals surface area contributed by atoms with Gasteiger partial charge in [0.1, 0.15) is 11.4 Å². The van der Waals surface area contributed by atoms with Gasteiger partial charge in [-0.25, -0.2) is 0 Å². The summed E-state index contributed by atoms with van der Waals surface area (Å²) in [5.41, 5.74) is -1.07. The molecule has 0 aromatic rings. The van der Waals surface area contributed by atoms with Gasteiger partial charge in [-0.05, 0) is 44.8 Å². The van der Waals surface area contributed by atoms with Crippen molar-refractivity contribution in [3.05, 3.63) is 24.4 Å². The largest absolute Gasteiger partial charge is 0.352 e. The van der Waals surface area contributed by atoms with Crippen LogP contribution in [0.1, 0.15) is 71.1 Å². The number of allylic oxidation sites excluding steroid dienone is 2.